The lowest BCUT2D eigenvalue weighted by Gasteiger charge is -2.34. The number of allylic oxidation sites excluding steroid dienone is 1. The summed E-state index contributed by atoms with van der Waals surface area (Å²) in [6.07, 6.45) is 11.8. The van der Waals surface area contributed by atoms with Crippen LogP contribution in [0.4, 0.5) is 5.82 Å². The van der Waals surface area contributed by atoms with Crippen LogP contribution in [0, 0.1) is 5.92 Å². The van der Waals surface area contributed by atoms with Crippen molar-refractivity contribution in [3.8, 4) is 0 Å². The van der Waals surface area contributed by atoms with E-state index in [4.69, 9.17) is 0 Å². The minimum Gasteiger partial charge on any atom is -0.308 e. The Morgan fingerprint density at radius 2 is 1.82 bits per heavy atom. The second-order valence-electron chi connectivity index (χ2n) is 7.66. The fraction of sp³-hybridized carbons (Fsp3) is 0.261. The van der Waals surface area contributed by atoms with E-state index in [1.807, 2.05) is 18.5 Å². The number of rotatable bonds is 4. The van der Waals surface area contributed by atoms with Gasteiger partial charge in [0, 0.05) is 41.4 Å². The Hall–Kier alpha value is -3.21. The fourth-order valence-electron chi connectivity index (χ4n) is 4.20. The average molecular weight is 370 g/mol. The van der Waals surface area contributed by atoms with Gasteiger partial charge < -0.3 is 5.32 Å². The Balaban J connectivity index is 1.52. The second-order valence-corrected chi connectivity index (χ2v) is 7.66. The summed E-state index contributed by atoms with van der Waals surface area (Å²) in [6, 6.07) is 14.6. The number of anilines is 1. The summed E-state index contributed by atoms with van der Waals surface area (Å²) in [4.78, 5) is 16.5. The Morgan fingerprint density at radius 1 is 1.07 bits per heavy atom. The lowest BCUT2D eigenvalue weighted by Crippen LogP contribution is -2.31. The van der Waals surface area contributed by atoms with E-state index in [2.05, 4.69) is 69.0 Å². The monoisotopic (exact) mass is 370 g/mol. The lowest BCUT2D eigenvalue weighted by molar-refractivity contribution is -0.122. The van der Waals surface area contributed by atoms with Gasteiger partial charge >= 0.3 is 0 Å². The highest BCUT2D eigenvalue weighted by Crippen LogP contribution is 2.42. The molecule has 2 aliphatic carbocycles. The van der Waals surface area contributed by atoms with Crippen LogP contribution >= 0.6 is 0 Å². The number of hydrogen-bond donors (Lipinski definition) is 2. The number of fused-ring (bicyclic) bond motifs is 1. The first-order valence-corrected chi connectivity index (χ1v) is 9.80. The summed E-state index contributed by atoms with van der Waals surface area (Å²) < 4.78 is 0. The van der Waals surface area contributed by atoms with Gasteiger partial charge in [-0.15, -0.1) is 0 Å². The molecule has 3 aromatic rings. The molecule has 2 heterocycles. The first-order chi connectivity index (χ1) is 13.8. The first-order valence-electron chi connectivity index (χ1n) is 9.80. The average Bonchev–Trinajstić information content (AvgIpc) is 3.09. The van der Waals surface area contributed by atoms with Gasteiger partial charge in [-0.1, -0.05) is 48.9 Å². The molecular weight excluding hydrogens is 348 g/mol. The van der Waals surface area contributed by atoms with Crippen molar-refractivity contribution in [1.29, 1.82) is 0 Å². The molecule has 2 aliphatic rings. The highest BCUT2D eigenvalue weighted by molar-refractivity contribution is 5.94. The van der Waals surface area contributed by atoms with Gasteiger partial charge in [0.2, 0.25) is 5.91 Å². The predicted molar refractivity (Wildman–Crippen MR) is 109 cm³/mol. The van der Waals surface area contributed by atoms with Gasteiger partial charge in [-0.05, 0) is 36.1 Å². The van der Waals surface area contributed by atoms with E-state index >= 15 is 0 Å². The number of nitrogens with one attached hydrogen (secondary N) is 2. The standard InChI is InChI=1S/C23H22N4O/c28-22(16-5-4-6-16)25-21-19-9-12-23(15-20(19)26-27-21,17-7-2-1-3-8-17)18-10-13-24-14-11-18/h1-3,7-14,16H,4-6,15H2,(H2,25,26,27,28). The Morgan fingerprint density at radius 3 is 2.54 bits per heavy atom. The highest BCUT2D eigenvalue weighted by atomic mass is 16.2. The molecule has 0 aliphatic heterocycles. The van der Waals surface area contributed by atoms with Gasteiger partial charge in [0.25, 0.3) is 0 Å². The number of carbonyl (C=O) groups is 1. The molecule has 0 spiro atoms. The summed E-state index contributed by atoms with van der Waals surface area (Å²) in [5.74, 6) is 0.864. The Labute approximate surface area is 163 Å². The number of pyridine rings is 1. The molecule has 5 heteroatoms. The van der Waals surface area contributed by atoms with Crippen LogP contribution < -0.4 is 5.32 Å². The van der Waals surface area contributed by atoms with Gasteiger partial charge in [0.05, 0.1) is 0 Å². The van der Waals surface area contributed by atoms with E-state index in [1.54, 1.807) is 0 Å². The van der Waals surface area contributed by atoms with Crippen LogP contribution in [0.2, 0.25) is 0 Å². The molecule has 0 bridgehead atoms. The minimum atomic E-state index is -0.293. The van der Waals surface area contributed by atoms with Crippen molar-refractivity contribution in [2.45, 2.75) is 31.1 Å². The van der Waals surface area contributed by atoms with Crippen molar-refractivity contribution in [3.63, 3.8) is 0 Å². The van der Waals surface area contributed by atoms with Crippen LogP contribution in [-0.2, 0) is 16.6 Å². The van der Waals surface area contributed by atoms with Gasteiger partial charge in [-0.25, -0.2) is 0 Å². The number of aromatic nitrogens is 3. The Bertz CT molecular complexity index is 980. The number of amides is 1. The third kappa shape index (κ3) is 2.74. The second kappa shape index (κ2) is 6.75. The molecule has 0 radical (unpaired) electrons. The van der Waals surface area contributed by atoms with Crippen LogP contribution in [0.1, 0.15) is 41.6 Å². The number of aromatic amines is 1. The van der Waals surface area contributed by atoms with E-state index in [-0.39, 0.29) is 17.2 Å². The smallest absolute Gasteiger partial charge is 0.228 e. The van der Waals surface area contributed by atoms with E-state index in [0.29, 0.717) is 5.82 Å². The molecule has 5 rings (SSSR count). The largest absolute Gasteiger partial charge is 0.308 e. The molecule has 1 fully saturated rings. The molecule has 5 nitrogen and oxygen atoms in total. The number of H-pyrrole nitrogens is 1. The normalized spacial score (nSPS) is 21.0. The van der Waals surface area contributed by atoms with Crippen LogP contribution in [0.5, 0.6) is 0 Å². The summed E-state index contributed by atoms with van der Waals surface area (Å²) in [5.41, 5.74) is 4.13. The van der Waals surface area contributed by atoms with Crippen LogP contribution in [0.25, 0.3) is 6.08 Å². The van der Waals surface area contributed by atoms with Gasteiger partial charge in [-0.3, -0.25) is 14.9 Å². The van der Waals surface area contributed by atoms with Gasteiger partial charge in [0.1, 0.15) is 0 Å². The van der Waals surface area contributed by atoms with Crippen LogP contribution in [0.3, 0.4) is 0 Å². The molecule has 0 saturated heterocycles. The number of carbonyl (C=O) groups excluding carboxylic acids is 1. The van der Waals surface area contributed by atoms with Crippen molar-refractivity contribution >= 4 is 17.8 Å². The van der Waals surface area contributed by atoms with Crippen molar-refractivity contribution in [1.82, 2.24) is 15.2 Å². The van der Waals surface area contributed by atoms with Gasteiger partial charge in [-0.2, -0.15) is 5.10 Å². The van der Waals surface area contributed by atoms with E-state index < -0.39 is 0 Å². The zero-order chi connectivity index (χ0) is 19.0. The molecule has 1 saturated carbocycles. The fourth-order valence-corrected chi connectivity index (χ4v) is 4.20. The minimum absolute atomic E-state index is 0.0861. The molecule has 2 N–H and O–H groups in total. The predicted octanol–water partition coefficient (Wildman–Crippen LogP) is 4.10. The molecule has 1 unspecified atom stereocenters. The molecule has 28 heavy (non-hydrogen) atoms. The maximum absolute atomic E-state index is 12.4. The van der Waals surface area contributed by atoms with Crippen LogP contribution in [-0.4, -0.2) is 21.1 Å². The van der Waals surface area contributed by atoms with Crippen molar-refractivity contribution in [2.75, 3.05) is 5.32 Å². The van der Waals surface area contributed by atoms with E-state index in [1.165, 1.54) is 11.1 Å². The summed E-state index contributed by atoms with van der Waals surface area (Å²) in [6.45, 7) is 0. The van der Waals surface area contributed by atoms with Gasteiger partial charge in [0.15, 0.2) is 5.82 Å². The number of nitrogens with zero attached hydrogens (tertiary/aromatic N) is 2. The summed E-state index contributed by atoms with van der Waals surface area (Å²) >= 11 is 0. The van der Waals surface area contributed by atoms with Crippen molar-refractivity contribution < 1.29 is 4.79 Å². The zero-order valence-electron chi connectivity index (χ0n) is 15.6. The molecular formula is C23H22N4O. The zero-order valence-corrected chi connectivity index (χ0v) is 15.6. The third-order valence-electron chi connectivity index (χ3n) is 6.07. The highest BCUT2D eigenvalue weighted by Gasteiger charge is 2.37. The topological polar surface area (TPSA) is 70.7 Å². The SMILES string of the molecule is O=C(Nc1n[nH]c2c1C=CC(c1ccccc1)(c1ccncc1)C2)C1CCC1. The maximum Gasteiger partial charge on any atom is 0.228 e. The quantitative estimate of drug-likeness (QED) is 0.726. The molecule has 1 amide bonds. The van der Waals surface area contributed by atoms with E-state index in [9.17, 15) is 4.79 Å². The van der Waals surface area contributed by atoms with Crippen molar-refractivity contribution in [2.24, 2.45) is 5.92 Å². The maximum atomic E-state index is 12.4. The van der Waals surface area contributed by atoms with Crippen molar-refractivity contribution in [3.05, 3.63) is 83.3 Å². The Kier molecular flexibility index (Phi) is 4.08. The first kappa shape index (κ1) is 16.9. The molecule has 140 valence electrons. The number of hydrogen-bond acceptors (Lipinski definition) is 3. The summed E-state index contributed by atoms with van der Waals surface area (Å²) in [5, 5.41) is 10.6. The molecule has 1 aromatic carbocycles. The molecule has 1 atom stereocenters. The third-order valence-corrected chi connectivity index (χ3v) is 6.07. The van der Waals surface area contributed by atoms with E-state index in [0.717, 1.165) is 36.9 Å². The number of benzene rings is 1. The lowest BCUT2D eigenvalue weighted by atomic mass is 9.69. The summed E-state index contributed by atoms with van der Waals surface area (Å²) in [7, 11) is 0. The molecule has 2 aromatic heterocycles. The van der Waals surface area contributed by atoms with Crippen LogP contribution in [0.15, 0.2) is 60.9 Å².